The number of nitrogens with zero attached hydrogens (tertiary/aromatic N) is 3. The van der Waals surface area contributed by atoms with Crippen LogP contribution in [0.25, 0.3) is 5.69 Å². The fourth-order valence-corrected chi connectivity index (χ4v) is 2.13. The number of benzene rings is 1. The average molecular weight is 215 g/mol. The van der Waals surface area contributed by atoms with Crippen molar-refractivity contribution in [2.24, 2.45) is 0 Å². The van der Waals surface area contributed by atoms with Gasteiger partial charge in [0.1, 0.15) is 0 Å². The summed E-state index contributed by atoms with van der Waals surface area (Å²) in [5.41, 5.74) is 3.74. The van der Waals surface area contributed by atoms with E-state index in [-0.39, 0.29) is 5.41 Å². The van der Waals surface area contributed by atoms with Crippen molar-refractivity contribution in [3.8, 4) is 5.69 Å². The van der Waals surface area contributed by atoms with Gasteiger partial charge in [0.05, 0.1) is 18.1 Å². The Bertz CT molecular complexity index is 478. The molecule has 0 radical (unpaired) electrons. The third kappa shape index (κ3) is 1.85. The van der Waals surface area contributed by atoms with Gasteiger partial charge in [-0.25, -0.2) is 0 Å². The molecule has 2 aromatic rings. The lowest BCUT2D eigenvalue weighted by Gasteiger charge is -2.24. The summed E-state index contributed by atoms with van der Waals surface area (Å²) in [7, 11) is 0. The van der Waals surface area contributed by atoms with E-state index >= 15 is 0 Å². The summed E-state index contributed by atoms with van der Waals surface area (Å²) in [4.78, 5) is 1.69. The zero-order chi connectivity index (χ0) is 11.8. The second kappa shape index (κ2) is 3.74. The molecule has 84 valence electrons. The first-order valence-electron chi connectivity index (χ1n) is 5.47. The smallest absolute Gasteiger partial charge is 0.0896 e. The highest BCUT2D eigenvalue weighted by molar-refractivity contribution is 5.48. The van der Waals surface area contributed by atoms with E-state index in [1.54, 1.807) is 17.2 Å². The minimum atomic E-state index is 0.0916. The van der Waals surface area contributed by atoms with Crippen LogP contribution in [0, 0.1) is 6.92 Å². The molecular weight excluding hydrogens is 198 g/mol. The molecule has 3 heteroatoms. The maximum absolute atomic E-state index is 4.21. The molecule has 0 saturated carbocycles. The summed E-state index contributed by atoms with van der Waals surface area (Å²) in [6.07, 6.45) is 3.41. The highest BCUT2D eigenvalue weighted by atomic mass is 15.5. The van der Waals surface area contributed by atoms with Gasteiger partial charge in [-0.3, -0.25) is 0 Å². The van der Waals surface area contributed by atoms with Gasteiger partial charge in [0.2, 0.25) is 0 Å². The fraction of sp³-hybridized carbons (Fsp3) is 0.385. The third-order valence-electron chi connectivity index (χ3n) is 2.64. The Balaban J connectivity index is 2.67. The topological polar surface area (TPSA) is 30.7 Å². The maximum Gasteiger partial charge on any atom is 0.0896 e. The predicted octanol–water partition coefficient (Wildman–Crippen LogP) is 2.87. The van der Waals surface area contributed by atoms with E-state index in [2.05, 4.69) is 50.0 Å². The molecule has 1 heterocycles. The van der Waals surface area contributed by atoms with Gasteiger partial charge in [-0.1, -0.05) is 32.9 Å². The molecule has 0 spiro atoms. The molecular formula is C13H17N3. The first-order chi connectivity index (χ1) is 7.50. The first-order valence-corrected chi connectivity index (χ1v) is 5.47. The van der Waals surface area contributed by atoms with E-state index in [0.717, 1.165) is 5.69 Å². The molecule has 0 amide bonds. The van der Waals surface area contributed by atoms with Gasteiger partial charge in [0, 0.05) is 0 Å². The van der Waals surface area contributed by atoms with Crippen molar-refractivity contribution >= 4 is 0 Å². The van der Waals surface area contributed by atoms with E-state index in [4.69, 9.17) is 0 Å². The number of hydrogen-bond acceptors (Lipinski definition) is 2. The Morgan fingerprint density at radius 2 is 1.69 bits per heavy atom. The Morgan fingerprint density at radius 3 is 2.25 bits per heavy atom. The fourth-order valence-electron chi connectivity index (χ4n) is 2.13. The Hall–Kier alpha value is -1.64. The van der Waals surface area contributed by atoms with Crippen molar-refractivity contribution in [2.45, 2.75) is 33.1 Å². The second-order valence-electron chi connectivity index (χ2n) is 5.04. The van der Waals surface area contributed by atoms with Crippen molar-refractivity contribution in [3.05, 3.63) is 41.7 Å². The van der Waals surface area contributed by atoms with Gasteiger partial charge in [0.15, 0.2) is 0 Å². The van der Waals surface area contributed by atoms with Crippen LogP contribution in [0.5, 0.6) is 0 Å². The highest BCUT2D eigenvalue weighted by Gasteiger charge is 2.21. The molecule has 0 N–H and O–H groups in total. The van der Waals surface area contributed by atoms with Crippen LogP contribution in [0.15, 0.2) is 30.6 Å². The predicted molar refractivity (Wildman–Crippen MR) is 64.8 cm³/mol. The third-order valence-corrected chi connectivity index (χ3v) is 2.64. The summed E-state index contributed by atoms with van der Waals surface area (Å²) in [5, 5.41) is 8.41. The number of hydrogen-bond donors (Lipinski definition) is 0. The van der Waals surface area contributed by atoms with Crippen molar-refractivity contribution in [3.63, 3.8) is 0 Å². The monoisotopic (exact) mass is 215 g/mol. The number of aromatic nitrogens is 3. The molecule has 0 bridgehead atoms. The standard InChI is InChI=1S/C13H17N3/c1-10-6-5-7-11(12(10)13(2,3)4)16-14-8-9-15-16/h5-9H,1-4H3. The lowest BCUT2D eigenvalue weighted by atomic mass is 9.83. The molecule has 0 aliphatic heterocycles. The molecule has 0 saturated heterocycles. The van der Waals surface area contributed by atoms with Gasteiger partial charge in [-0.2, -0.15) is 15.0 Å². The first kappa shape index (κ1) is 10.9. The Morgan fingerprint density at radius 1 is 1.06 bits per heavy atom. The molecule has 0 aliphatic rings. The summed E-state index contributed by atoms with van der Waals surface area (Å²) < 4.78 is 0. The summed E-state index contributed by atoms with van der Waals surface area (Å²) in [6, 6.07) is 6.24. The normalized spacial score (nSPS) is 11.8. The molecule has 0 fully saturated rings. The zero-order valence-electron chi connectivity index (χ0n) is 10.2. The molecule has 16 heavy (non-hydrogen) atoms. The number of rotatable bonds is 1. The van der Waals surface area contributed by atoms with Crippen LogP contribution >= 0.6 is 0 Å². The SMILES string of the molecule is Cc1cccc(-n2nccn2)c1C(C)(C)C. The quantitative estimate of drug-likeness (QED) is 0.732. The summed E-state index contributed by atoms with van der Waals surface area (Å²) in [6.45, 7) is 8.76. The van der Waals surface area contributed by atoms with Gasteiger partial charge in [-0.15, -0.1) is 0 Å². The Kier molecular flexibility index (Phi) is 2.54. The summed E-state index contributed by atoms with van der Waals surface area (Å²) >= 11 is 0. The average Bonchev–Trinajstić information content (AvgIpc) is 2.67. The largest absolute Gasteiger partial charge is 0.157 e. The molecule has 0 atom stereocenters. The van der Waals surface area contributed by atoms with Crippen LogP contribution in [0.2, 0.25) is 0 Å². The minimum Gasteiger partial charge on any atom is -0.157 e. The lowest BCUT2D eigenvalue weighted by molar-refractivity contribution is 0.573. The molecule has 2 rings (SSSR count). The van der Waals surface area contributed by atoms with E-state index in [0.29, 0.717) is 0 Å². The zero-order valence-corrected chi connectivity index (χ0v) is 10.2. The maximum atomic E-state index is 4.21. The van der Waals surface area contributed by atoms with Gasteiger partial charge in [0.25, 0.3) is 0 Å². The van der Waals surface area contributed by atoms with Crippen LogP contribution in [-0.4, -0.2) is 15.0 Å². The van der Waals surface area contributed by atoms with Gasteiger partial charge >= 0.3 is 0 Å². The van der Waals surface area contributed by atoms with Crippen molar-refractivity contribution in [1.82, 2.24) is 15.0 Å². The molecule has 0 aliphatic carbocycles. The van der Waals surface area contributed by atoms with Crippen LogP contribution in [-0.2, 0) is 5.41 Å². The van der Waals surface area contributed by atoms with Crippen LogP contribution in [0.3, 0.4) is 0 Å². The Labute approximate surface area is 96.1 Å². The summed E-state index contributed by atoms with van der Waals surface area (Å²) in [5.74, 6) is 0. The van der Waals surface area contributed by atoms with Crippen LogP contribution < -0.4 is 0 Å². The lowest BCUT2D eigenvalue weighted by Crippen LogP contribution is -2.18. The second-order valence-corrected chi connectivity index (χ2v) is 5.04. The van der Waals surface area contributed by atoms with Crippen LogP contribution in [0.4, 0.5) is 0 Å². The highest BCUT2D eigenvalue weighted by Crippen LogP contribution is 2.30. The minimum absolute atomic E-state index is 0.0916. The van der Waals surface area contributed by atoms with Gasteiger partial charge in [-0.05, 0) is 29.5 Å². The van der Waals surface area contributed by atoms with E-state index in [1.165, 1.54) is 11.1 Å². The van der Waals surface area contributed by atoms with Crippen molar-refractivity contribution < 1.29 is 0 Å². The van der Waals surface area contributed by atoms with Crippen molar-refractivity contribution in [1.29, 1.82) is 0 Å². The van der Waals surface area contributed by atoms with Gasteiger partial charge < -0.3 is 0 Å². The number of aryl methyl sites for hydroxylation is 1. The van der Waals surface area contributed by atoms with Crippen molar-refractivity contribution in [2.75, 3.05) is 0 Å². The molecule has 1 aromatic heterocycles. The van der Waals surface area contributed by atoms with Crippen LogP contribution in [0.1, 0.15) is 31.9 Å². The van der Waals surface area contributed by atoms with E-state index in [9.17, 15) is 0 Å². The van der Waals surface area contributed by atoms with E-state index < -0.39 is 0 Å². The molecule has 0 unspecified atom stereocenters. The molecule has 1 aromatic carbocycles. The molecule has 3 nitrogen and oxygen atoms in total. The van der Waals surface area contributed by atoms with E-state index in [1.807, 2.05) is 6.07 Å².